The van der Waals surface area contributed by atoms with Gasteiger partial charge >= 0.3 is 0 Å². The van der Waals surface area contributed by atoms with Gasteiger partial charge in [0.25, 0.3) is 0 Å². The number of amides is 1. The van der Waals surface area contributed by atoms with Crippen molar-refractivity contribution in [2.45, 2.75) is 25.9 Å². The van der Waals surface area contributed by atoms with Crippen LogP contribution >= 0.6 is 24.8 Å². The topological polar surface area (TPSA) is 76.8 Å². The van der Waals surface area contributed by atoms with Gasteiger partial charge in [0.15, 0.2) is 0 Å². The Hall–Kier alpha value is -1.05. The summed E-state index contributed by atoms with van der Waals surface area (Å²) in [6, 6.07) is 7.74. The molecule has 0 aliphatic carbocycles. The molecule has 1 aromatic rings. The molecule has 1 saturated heterocycles. The summed E-state index contributed by atoms with van der Waals surface area (Å²) in [7, 11) is 0. The van der Waals surface area contributed by atoms with Crippen LogP contribution in [0.25, 0.3) is 0 Å². The molecule has 1 heterocycles. The summed E-state index contributed by atoms with van der Waals surface area (Å²) in [5, 5.41) is 2.85. The van der Waals surface area contributed by atoms with Crippen LogP contribution in [-0.4, -0.2) is 55.8 Å². The van der Waals surface area contributed by atoms with E-state index in [2.05, 4.69) is 10.2 Å². The van der Waals surface area contributed by atoms with Crippen LogP contribution in [0.4, 0.5) is 0 Å². The summed E-state index contributed by atoms with van der Waals surface area (Å²) in [5.41, 5.74) is 5.85. The fourth-order valence-electron chi connectivity index (χ4n) is 2.30. The van der Waals surface area contributed by atoms with E-state index in [1.165, 1.54) is 0 Å². The molecular formula is C17H29Cl2N3O3. The van der Waals surface area contributed by atoms with Crippen LogP contribution in [0.15, 0.2) is 24.3 Å². The molecule has 0 bridgehead atoms. The predicted molar refractivity (Wildman–Crippen MR) is 104 cm³/mol. The molecular weight excluding hydrogens is 365 g/mol. The van der Waals surface area contributed by atoms with Gasteiger partial charge in [0.2, 0.25) is 5.91 Å². The maximum atomic E-state index is 11.9. The standard InChI is InChI=1S/C17H27N3O3.2ClH/c1-17(2,18)16(21)19-13-14-5-3-4-6-15(14)23-12-9-20-7-10-22-11-8-20;;/h3-6H,7-13,18H2,1-2H3,(H,19,21);2*1H. The highest BCUT2D eigenvalue weighted by atomic mass is 35.5. The van der Waals surface area contributed by atoms with E-state index < -0.39 is 5.54 Å². The van der Waals surface area contributed by atoms with Crippen LogP contribution in [0.2, 0.25) is 0 Å². The predicted octanol–water partition coefficient (Wildman–Crippen LogP) is 1.59. The molecule has 1 amide bonds. The van der Waals surface area contributed by atoms with Gasteiger partial charge < -0.3 is 20.5 Å². The minimum absolute atomic E-state index is 0. The molecule has 1 aliphatic rings. The van der Waals surface area contributed by atoms with Crippen molar-refractivity contribution in [3.8, 4) is 5.75 Å². The van der Waals surface area contributed by atoms with E-state index in [4.69, 9.17) is 15.2 Å². The number of benzene rings is 1. The number of ether oxygens (including phenoxy) is 2. The molecule has 25 heavy (non-hydrogen) atoms. The Morgan fingerprint density at radius 2 is 1.92 bits per heavy atom. The van der Waals surface area contributed by atoms with Gasteiger partial charge in [0, 0.05) is 31.7 Å². The molecule has 3 N–H and O–H groups in total. The minimum Gasteiger partial charge on any atom is -0.492 e. The zero-order valence-corrected chi connectivity index (χ0v) is 16.5. The lowest BCUT2D eigenvalue weighted by atomic mass is 10.1. The largest absolute Gasteiger partial charge is 0.492 e. The lowest BCUT2D eigenvalue weighted by Crippen LogP contribution is -2.48. The number of para-hydroxylation sites is 1. The summed E-state index contributed by atoms with van der Waals surface area (Å²) < 4.78 is 11.2. The summed E-state index contributed by atoms with van der Waals surface area (Å²) >= 11 is 0. The molecule has 0 spiro atoms. The first-order chi connectivity index (χ1) is 11.0. The van der Waals surface area contributed by atoms with Gasteiger partial charge in [-0.15, -0.1) is 24.8 Å². The van der Waals surface area contributed by atoms with E-state index in [-0.39, 0.29) is 30.7 Å². The molecule has 0 aromatic heterocycles. The zero-order chi connectivity index (χ0) is 16.7. The Labute approximate surface area is 162 Å². The number of nitrogens with two attached hydrogens (primary N) is 1. The van der Waals surface area contributed by atoms with Crippen molar-refractivity contribution in [2.24, 2.45) is 5.73 Å². The van der Waals surface area contributed by atoms with Crippen LogP contribution in [0.5, 0.6) is 5.75 Å². The van der Waals surface area contributed by atoms with E-state index in [9.17, 15) is 4.79 Å². The van der Waals surface area contributed by atoms with Gasteiger partial charge in [0.1, 0.15) is 12.4 Å². The number of nitrogens with zero attached hydrogens (tertiary/aromatic N) is 1. The third-order valence-electron chi connectivity index (χ3n) is 3.77. The first kappa shape index (κ1) is 23.9. The SMILES string of the molecule is CC(C)(N)C(=O)NCc1ccccc1OCCN1CCOCC1.Cl.Cl. The Morgan fingerprint density at radius 1 is 1.28 bits per heavy atom. The number of nitrogens with one attached hydrogen (secondary N) is 1. The van der Waals surface area contributed by atoms with Crippen molar-refractivity contribution in [3.05, 3.63) is 29.8 Å². The fraction of sp³-hybridized carbons (Fsp3) is 0.588. The van der Waals surface area contributed by atoms with Crippen molar-refractivity contribution < 1.29 is 14.3 Å². The molecule has 1 aromatic carbocycles. The van der Waals surface area contributed by atoms with E-state index in [1.54, 1.807) is 13.8 Å². The van der Waals surface area contributed by atoms with Gasteiger partial charge in [-0.2, -0.15) is 0 Å². The van der Waals surface area contributed by atoms with Gasteiger partial charge in [-0.1, -0.05) is 18.2 Å². The lowest BCUT2D eigenvalue weighted by Gasteiger charge is -2.26. The molecule has 2 rings (SSSR count). The molecule has 1 aliphatic heterocycles. The molecule has 144 valence electrons. The Bertz CT molecular complexity index is 518. The van der Waals surface area contributed by atoms with Gasteiger partial charge in [0.05, 0.1) is 18.8 Å². The van der Waals surface area contributed by atoms with Crippen LogP contribution in [0.3, 0.4) is 0 Å². The number of rotatable bonds is 7. The highest BCUT2D eigenvalue weighted by molar-refractivity contribution is 5.86. The smallest absolute Gasteiger partial charge is 0.239 e. The average molecular weight is 394 g/mol. The highest BCUT2D eigenvalue weighted by Gasteiger charge is 2.21. The molecule has 0 saturated carbocycles. The summed E-state index contributed by atoms with van der Waals surface area (Å²) in [5.74, 6) is 0.622. The molecule has 8 heteroatoms. The second-order valence-electron chi connectivity index (χ2n) is 6.31. The Balaban J connectivity index is 0.00000288. The van der Waals surface area contributed by atoms with Crippen molar-refractivity contribution in [2.75, 3.05) is 39.5 Å². The maximum absolute atomic E-state index is 11.9. The first-order valence-electron chi connectivity index (χ1n) is 8.05. The van der Waals surface area contributed by atoms with Crippen molar-refractivity contribution in [1.29, 1.82) is 0 Å². The van der Waals surface area contributed by atoms with Crippen LogP contribution in [0, 0.1) is 0 Å². The molecule has 0 atom stereocenters. The van der Waals surface area contributed by atoms with E-state index in [0.717, 1.165) is 44.2 Å². The third kappa shape index (κ3) is 8.25. The van der Waals surface area contributed by atoms with E-state index in [0.29, 0.717) is 13.2 Å². The average Bonchev–Trinajstić information content (AvgIpc) is 2.53. The molecule has 0 radical (unpaired) electrons. The van der Waals surface area contributed by atoms with Gasteiger partial charge in [-0.25, -0.2) is 0 Å². The quantitative estimate of drug-likeness (QED) is 0.735. The van der Waals surface area contributed by atoms with Crippen molar-refractivity contribution in [3.63, 3.8) is 0 Å². The van der Waals surface area contributed by atoms with Gasteiger partial charge in [-0.3, -0.25) is 9.69 Å². The number of hydrogen-bond acceptors (Lipinski definition) is 5. The Kier molecular flexibility index (Phi) is 11.1. The normalized spacial score (nSPS) is 14.8. The number of halogens is 2. The molecule has 1 fully saturated rings. The van der Waals surface area contributed by atoms with Gasteiger partial charge in [-0.05, 0) is 19.9 Å². The molecule has 6 nitrogen and oxygen atoms in total. The van der Waals surface area contributed by atoms with Crippen LogP contribution < -0.4 is 15.8 Å². The second kappa shape index (κ2) is 11.5. The summed E-state index contributed by atoms with van der Waals surface area (Å²) in [6.45, 7) is 8.76. The summed E-state index contributed by atoms with van der Waals surface area (Å²) in [4.78, 5) is 14.2. The highest BCUT2D eigenvalue weighted by Crippen LogP contribution is 2.18. The van der Waals surface area contributed by atoms with Crippen molar-refractivity contribution in [1.82, 2.24) is 10.2 Å². The zero-order valence-electron chi connectivity index (χ0n) is 14.8. The fourth-order valence-corrected chi connectivity index (χ4v) is 2.30. The van der Waals surface area contributed by atoms with Crippen LogP contribution in [-0.2, 0) is 16.1 Å². The number of morpholine rings is 1. The number of hydrogen-bond donors (Lipinski definition) is 2. The maximum Gasteiger partial charge on any atom is 0.239 e. The third-order valence-corrected chi connectivity index (χ3v) is 3.77. The first-order valence-corrected chi connectivity index (χ1v) is 8.05. The monoisotopic (exact) mass is 393 g/mol. The van der Waals surface area contributed by atoms with Crippen LogP contribution in [0.1, 0.15) is 19.4 Å². The summed E-state index contributed by atoms with van der Waals surface area (Å²) in [6.07, 6.45) is 0. The Morgan fingerprint density at radius 3 is 2.56 bits per heavy atom. The number of carbonyl (C=O) groups is 1. The lowest BCUT2D eigenvalue weighted by molar-refractivity contribution is -0.125. The van der Waals surface area contributed by atoms with E-state index >= 15 is 0 Å². The number of carbonyl (C=O) groups excluding carboxylic acids is 1. The van der Waals surface area contributed by atoms with Crippen molar-refractivity contribution >= 4 is 30.7 Å². The minimum atomic E-state index is -0.883. The van der Waals surface area contributed by atoms with E-state index in [1.807, 2.05) is 24.3 Å². The second-order valence-corrected chi connectivity index (χ2v) is 6.31. The molecule has 0 unspecified atom stereocenters.